The van der Waals surface area contributed by atoms with Gasteiger partial charge in [-0.25, -0.2) is 15.6 Å². The van der Waals surface area contributed by atoms with Crippen molar-refractivity contribution in [3.63, 3.8) is 0 Å². The van der Waals surface area contributed by atoms with Crippen LogP contribution in [0.4, 0.5) is 0 Å². The van der Waals surface area contributed by atoms with Crippen LogP contribution in [0.2, 0.25) is 0 Å². The lowest BCUT2D eigenvalue weighted by Crippen LogP contribution is -2.58. The molecule has 2 aliphatic carbocycles. The summed E-state index contributed by atoms with van der Waals surface area (Å²) in [5.41, 5.74) is 5.98. The highest BCUT2D eigenvalue weighted by atomic mass is 32.1. The fraction of sp³-hybridized carbons (Fsp3) is 0.324. The number of imidazole rings is 1. The van der Waals surface area contributed by atoms with Gasteiger partial charge in [-0.15, -0.1) is 11.3 Å². The molecule has 2 fully saturated rings. The molecule has 5 aromatic rings. The number of aryl methyl sites for hydroxylation is 2. The first kappa shape index (κ1) is 27.6. The molecule has 2 aliphatic rings. The van der Waals surface area contributed by atoms with Gasteiger partial charge in [0.2, 0.25) is 0 Å². The minimum atomic E-state index is -0.998. The minimum Gasteiger partial charge on any atom is -0.478 e. The molecule has 3 aromatic heterocycles. The Morgan fingerprint density at radius 1 is 1.05 bits per heavy atom. The topological polar surface area (TPSA) is 106 Å². The lowest BCUT2D eigenvalue weighted by Gasteiger charge is -2.47. The predicted molar refractivity (Wildman–Crippen MR) is 171 cm³/mol. The molecule has 43 heavy (non-hydrogen) atoms. The number of nitrogens with zero attached hydrogens (tertiary/aromatic N) is 4. The molecule has 0 saturated heterocycles. The number of amides is 1. The number of carboxylic acids is 1. The largest absolute Gasteiger partial charge is 0.478 e. The van der Waals surface area contributed by atoms with E-state index >= 15 is 0 Å². The number of benzene rings is 2. The summed E-state index contributed by atoms with van der Waals surface area (Å²) in [4.78, 5) is 31.3. The van der Waals surface area contributed by atoms with Gasteiger partial charge in [0.1, 0.15) is 11.4 Å². The van der Waals surface area contributed by atoms with E-state index in [0.29, 0.717) is 11.5 Å². The monoisotopic (exact) mass is 593 g/mol. The molecule has 0 atom stereocenters. The van der Waals surface area contributed by atoms with Gasteiger partial charge in [0.05, 0.1) is 21.6 Å². The zero-order chi connectivity index (χ0) is 29.9. The Labute approximate surface area is 254 Å². The third-order valence-electron chi connectivity index (χ3n) is 9.60. The number of carbonyl (C=O) groups excluding carboxylic acids is 1. The van der Waals surface area contributed by atoms with Gasteiger partial charge < -0.3 is 14.2 Å². The molecule has 2 saturated carbocycles. The highest BCUT2D eigenvalue weighted by Gasteiger charge is 2.49. The lowest BCUT2D eigenvalue weighted by molar-refractivity contribution is -0.131. The van der Waals surface area contributed by atoms with Gasteiger partial charge in [-0.3, -0.25) is 9.80 Å². The number of thiophene rings is 1. The number of hydrogen-bond donors (Lipinski definition) is 2. The maximum absolute atomic E-state index is 14.1. The predicted octanol–water partition coefficient (Wildman–Crippen LogP) is 6.94. The summed E-state index contributed by atoms with van der Waals surface area (Å²) in [6.45, 7) is 0. The third kappa shape index (κ3) is 4.41. The van der Waals surface area contributed by atoms with E-state index in [2.05, 4.69) is 35.2 Å². The van der Waals surface area contributed by atoms with Crippen molar-refractivity contribution in [2.75, 3.05) is 0 Å². The quantitative estimate of drug-likeness (QED) is 0.0920. The first-order valence-electron chi connectivity index (χ1n) is 14.9. The molecule has 0 aliphatic heterocycles. The van der Waals surface area contributed by atoms with Crippen molar-refractivity contribution in [3.05, 3.63) is 82.5 Å². The van der Waals surface area contributed by atoms with E-state index in [-0.39, 0.29) is 5.91 Å². The molecule has 1 amide bonds. The number of fused-ring (bicyclic) bond motifs is 2. The molecule has 3 N–H and O–H groups in total. The molecule has 2 aromatic carbocycles. The van der Waals surface area contributed by atoms with E-state index in [0.717, 1.165) is 53.3 Å². The number of rotatable bonds is 7. The van der Waals surface area contributed by atoms with E-state index in [1.807, 2.05) is 41.9 Å². The SMILES string of the molecule is Cn1c(C2(N(N)C(=O)c3ccc4c(C5CCCC5)c(-c5cccs5)n(C)c4c3)CCC2)nc2ccc(/C=C/C(=O)O)cc21. The van der Waals surface area contributed by atoms with Crippen LogP contribution in [0.15, 0.2) is 60.0 Å². The van der Waals surface area contributed by atoms with Crippen LogP contribution in [0.5, 0.6) is 0 Å². The van der Waals surface area contributed by atoms with Crippen molar-refractivity contribution in [1.29, 1.82) is 0 Å². The molecule has 3 heterocycles. The van der Waals surface area contributed by atoms with Crippen LogP contribution in [0, 0.1) is 0 Å². The van der Waals surface area contributed by atoms with E-state index < -0.39 is 11.5 Å². The van der Waals surface area contributed by atoms with Gasteiger partial charge in [0.15, 0.2) is 0 Å². The highest BCUT2D eigenvalue weighted by molar-refractivity contribution is 7.13. The number of aliphatic carboxylic acids is 1. The lowest BCUT2D eigenvalue weighted by atomic mass is 9.75. The van der Waals surface area contributed by atoms with Crippen molar-refractivity contribution in [2.45, 2.75) is 56.4 Å². The fourth-order valence-corrected chi connectivity index (χ4v) is 8.07. The zero-order valence-electron chi connectivity index (χ0n) is 24.4. The number of carbonyl (C=O) groups is 2. The molecule has 8 nitrogen and oxygen atoms in total. The number of nitrogens with two attached hydrogens (primary N) is 1. The average Bonchev–Trinajstić information content (AvgIpc) is 3.79. The number of carboxylic acid groups (broad SMARTS) is 1. The Morgan fingerprint density at radius 3 is 2.51 bits per heavy atom. The molecular formula is C34H35N5O3S. The summed E-state index contributed by atoms with van der Waals surface area (Å²) in [6.07, 6.45) is 9.99. The normalized spacial score (nSPS) is 16.8. The second-order valence-corrected chi connectivity index (χ2v) is 12.9. The molecule has 0 unspecified atom stereocenters. The summed E-state index contributed by atoms with van der Waals surface area (Å²) >= 11 is 1.76. The maximum Gasteiger partial charge on any atom is 0.328 e. The van der Waals surface area contributed by atoms with E-state index in [9.17, 15) is 9.59 Å². The Morgan fingerprint density at radius 2 is 1.84 bits per heavy atom. The smallest absolute Gasteiger partial charge is 0.328 e. The van der Waals surface area contributed by atoms with Crippen molar-refractivity contribution in [3.8, 4) is 10.6 Å². The number of aromatic nitrogens is 3. The number of hydrogen-bond acceptors (Lipinski definition) is 5. The van der Waals surface area contributed by atoms with Gasteiger partial charge in [-0.1, -0.05) is 31.0 Å². The maximum atomic E-state index is 14.1. The van der Waals surface area contributed by atoms with Crippen LogP contribution in [0.3, 0.4) is 0 Å². The van der Waals surface area contributed by atoms with Crippen LogP contribution in [-0.2, 0) is 24.4 Å². The summed E-state index contributed by atoms with van der Waals surface area (Å²) in [5.74, 6) is 6.82. The molecule has 0 bridgehead atoms. The average molecular weight is 594 g/mol. The minimum absolute atomic E-state index is 0.222. The zero-order valence-corrected chi connectivity index (χ0v) is 25.2. The van der Waals surface area contributed by atoms with Crippen molar-refractivity contribution >= 4 is 51.2 Å². The van der Waals surface area contributed by atoms with Crippen LogP contribution < -0.4 is 5.84 Å². The Hall–Kier alpha value is -4.21. The molecule has 9 heteroatoms. The second-order valence-electron chi connectivity index (χ2n) is 12.0. The van der Waals surface area contributed by atoms with Crippen LogP contribution >= 0.6 is 11.3 Å². The van der Waals surface area contributed by atoms with Crippen molar-refractivity contribution in [2.24, 2.45) is 19.9 Å². The standard InChI is InChI=1S/C34H35N5O3S/c1-37-26-20-23(12-13-24(26)30(22-7-3-4-8-22)31(37)28-9-5-18-43-28)32(42)39(35)34(16-6-17-34)33-36-25-14-10-21(11-15-29(40)41)19-27(25)38(33)2/h5,9-15,18-20,22H,3-4,6-8,16-17,35H2,1-2H3,(H,40,41)/b15-11+. The summed E-state index contributed by atoms with van der Waals surface area (Å²) in [6, 6.07) is 16.0. The summed E-state index contributed by atoms with van der Waals surface area (Å²) < 4.78 is 4.24. The Bertz CT molecular complexity index is 1910. The van der Waals surface area contributed by atoms with Gasteiger partial charge in [0.25, 0.3) is 5.91 Å². The molecule has 220 valence electrons. The highest BCUT2D eigenvalue weighted by Crippen LogP contribution is 2.47. The van der Waals surface area contributed by atoms with Crippen molar-refractivity contribution < 1.29 is 14.7 Å². The first-order chi connectivity index (χ1) is 20.8. The van der Waals surface area contributed by atoms with Crippen LogP contribution in [0.1, 0.15) is 78.2 Å². The molecular weight excluding hydrogens is 558 g/mol. The van der Waals surface area contributed by atoms with E-state index in [1.165, 1.54) is 52.2 Å². The van der Waals surface area contributed by atoms with Crippen LogP contribution in [0.25, 0.3) is 38.6 Å². The summed E-state index contributed by atoms with van der Waals surface area (Å²) in [5, 5.41) is 13.8. The summed E-state index contributed by atoms with van der Waals surface area (Å²) in [7, 11) is 4.04. The second kappa shape index (κ2) is 10.5. The molecule has 0 spiro atoms. The van der Waals surface area contributed by atoms with Gasteiger partial charge in [0, 0.05) is 36.6 Å². The number of hydrazine groups is 1. The van der Waals surface area contributed by atoms with Gasteiger partial charge in [-0.05, 0) is 90.9 Å². The molecule has 7 rings (SSSR count). The fourth-order valence-electron chi connectivity index (χ4n) is 7.25. The van der Waals surface area contributed by atoms with E-state index in [1.54, 1.807) is 17.4 Å². The van der Waals surface area contributed by atoms with Gasteiger partial charge >= 0.3 is 5.97 Å². The third-order valence-corrected chi connectivity index (χ3v) is 10.5. The van der Waals surface area contributed by atoms with Crippen LogP contribution in [-0.4, -0.2) is 36.1 Å². The Kier molecular flexibility index (Phi) is 6.74. The molecule has 0 radical (unpaired) electrons. The van der Waals surface area contributed by atoms with Gasteiger partial charge in [-0.2, -0.15) is 0 Å². The van der Waals surface area contributed by atoms with Crippen molar-refractivity contribution in [1.82, 2.24) is 19.1 Å². The Balaban J connectivity index is 1.27. The first-order valence-corrected chi connectivity index (χ1v) is 15.8. The van der Waals surface area contributed by atoms with E-state index in [4.69, 9.17) is 15.9 Å².